The quantitative estimate of drug-likeness (QED) is 0.757. The maximum absolute atomic E-state index is 14.0. The van der Waals surface area contributed by atoms with E-state index >= 15 is 0 Å². The molecule has 0 saturated carbocycles. The fraction of sp³-hybridized carbons (Fsp3) is 0.158. The highest BCUT2D eigenvalue weighted by Crippen LogP contribution is 2.25. The number of carbonyl (C=O) groups excluding carboxylic acids is 1. The molecule has 0 fully saturated rings. The Morgan fingerprint density at radius 1 is 1.26 bits per heavy atom. The van der Waals surface area contributed by atoms with Crippen LogP contribution in [0.3, 0.4) is 0 Å². The van der Waals surface area contributed by atoms with Gasteiger partial charge < -0.3 is 9.88 Å². The van der Waals surface area contributed by atoms with Gasteiger partial charge in [-0.15, -0.1) is 0 Å². The first kappa shape index (κ1) is 16.8. The molecule has 1 aromatic carbocycles. The van der Waals surface area contributed by atoms with Gasteiger partial charge in [-0.3, -0.25) is 4.79 Å². The van der Waals surface area contributed by atoms with Crippen molar-refractivity contribution in [2.45, 2.75) is 13.0 Å². The van der Waals surface area contributed by atoms with Crippen molar-refractivity contribution < 1.29 is 13.6 Å². The number of H-pyrrole nitrogens is 1. The zero-order valence-corrected chi connectivity index (χ0v) is 14.0. The van der Waals surface area contributed by atoms with Crippen LogP contribution in [-0.4, -0.2) is 32.3 Å². The SMILES string of the molecule is N#Cc1ccc(C(=O)N2CCc3nc(-c4ccc(F)cc4F)[nH]c3C2)cn1. The Bertz CT molecular complexity index is 1070. The van der Waals surface area contributed by atoms with Crippen LogP contribution in [0.1, 0.15) is 27.4 Å². The summed E-state index contributed by atoms with van der Waals surface area (Å²) in [5, 5.41) is 8.79. The second kappa shape index (κ2) is 6.61. The van der Waals surface area contributed by atoms with E-state index in [-0.39, 0.29) is 17.2 Å². The van der Waals surface area contributed by atoms with Gasteiger partial charge in [0.15, 0.2) is 0 Å². The van der Waals surface area contributed by atoms with Gasteiger partial charge in [-0.25, -0.2) is 18.7 Å². The lowest BCUT2D eigenvalue weighted by Crippen LogP contribution is -2.36. The molecule has 2 aromatic heterocycles. The van der Waals surface area contributed by atoms with Gasteiger partial charge in [-0.05, 0) is 24.3 Å². The molecule has 27 heavy (non-hydrogen) atoms. The smallest absolute Gasteiger partial charge is 0.255 e. The summed E-state index contributed by atoms with van der Waals surface area (Å²) < 4.78 is 27.1. The fourth-order valence-corrected chi connectivity index (χ4v) is 3.05. The Kier molecular flexibility index (Phi) is 4.12. The summed E-state index contributed by atoms with van der Waals surface area (Å²) in [5.74, 6) is -1.24. The van der Waals surface area contributed by atoms with Crippen molar-refractivity contribution in [1.82, 2.24) is 19.9 Å². The van der Waals surface area contributed by atoms with Gasteiger partial charge in [0.1, 0.15) is 29.2 Å². The van der Waals surface area contributed by atoms with Crippen molar-refractivity contribution in [3.8, 4) is 17.5 Å². The van der Waals surface area contributed by atoms with Crippen LogP contribution in [0.4, 0.5) is 8.78 Å². The van der Waals surface area contributed by atoms with Crippen LogP contribution in [0.2, 0.25) is 0 Å². The molecular formula is C19H13F2N5O. The van der Waals surface area contributed by atoms with Gasteiger partial charge in [-0.2, -0.15) is 5.26 Å². The second-order valence-corrected chi connectivity index (χ2v) is 6.16. The highest BCUT2D eigenvalue weighted by Gasteiger charge is 2.25. The Hall–Kier alpha value is -3.60. The molecule has 1 aliphatic rings. The van der Waals surface area contributed by atoms with E-state index < -0.39 is 11.6 Å². The molecule has 0 aliphatic carbocycles. The minimum Gasteiger partial charge on any atom is -0.340 e. The van der Waals surface area contributed by atoms with E-state index in [1.807, 2.05) is 6.07 Å². The molecule has 3 heterocycles. The Morgan fingerprint density at radius 3 is 2.81 bits per heavy atom. The van der Waals surface area contributed by atoms with Crippen LogP contribution in [0.15, 0.2) is 36.5 Å². The topological polar surface area (TPSA) is 85.7 Å². The van der Waals surface area contributed by atoms with Crippen LogP contribution in [0.5, 0.6) is 0 Å². The number of nitrogens with zero attached hydrogens (tertiary/aromatic N) is 4. The molecule has 1 aliphatic heterocycles. The maximum atomic E-state index is 14.0. The van der Waals surface area contributed by atoms with Gasteiger partial charge in [0.25, 0.3) is 5.91 Å². The predicted molar refractivity (Wildman–Crippen MR) is 91.3 cm³/mol. The first-order chi connectivity index (χ1) is 13.0. The lowest BCUT2D eigenvalue weighted by molar-refractivity contribution is 0.0731. The molecule has 0 unspecified atom stereocenters. The Morgan fingerprint density at radius 2 is 2.11 bits per heavy atom. The predicted octanol–water partition coefficient (Wildman–Crippen LogP) is 2.82. The first-order valence-electron chi connectivity index (χ1n) is 8.24. The summed E-state index contributed by atoms with van der Waals surface area (Å²) in [4.78, 5) is 25.6. The minimum absolute atomic E-state index is 0.181. The van der Waals surface area contributed by atoms with Gasteiger partial charge in [0.05, 0.1) is 29.1 Å². The number of amides is 1. The summed E-state index contributed by atoms with van der Waals surface area (Å²) >= 11 is 0. The van der Waals surface area contributed by atoms with Gasteiger partial charge in [-0.1, -0.05) is 0 Å². The van der Waals surface area contributed by atoms with Gasteiger partial charge in [0, 0.05) is 25.2 Å². The van der Waals surface area contributed by atoms with Crippen molar-refractivity contribution in [2.24, 2.45) is 0 Å². The summed E-state index contributed by atoms with van der Waals surface area (Å²) in [6, 6.07) is 8.29. The average molecular weight is 365 g/mol. The molecule has 134 valence electrons. The molecular weight excluding hydrogens is 352 g/mol. The second-order valence-electron chi connectivity index (χ2n) is 6.16. The third-order valence-electron chi connectivity index (χ3n) is 4.43. The lowest BCUT2D eigenvalue weighted by Gasteiger charge is -2.26. The van der Waals surface area contributed by atoms with Crippen molar-refractivity contribution >= 4 is 5.91 Å². The van der Waals surface area contributed by atoms with E-state index in [0.29, 0.717) is 30.9 Å². The van der Waals surface area contributed by atoms with Crippen LogP contribution >= 0.6 is 0 Å². The van der Waals surface area contributed by atoms with Crippen molar-refractivity contribution in [3.63, 3.8) is 0 Å². The monoisotopic (exact) mass is 365 g/mol. The molecule has 4 rings (SSSR count). The zero-order chi connectivity index (χ0) is 19.0. The van der Waals surface area contributed by atoms with E-state index in [1.165, 1.54) is 24.4 Å². The number of hydrogen-bond donors (Lipinski definition) is 1. The van der Waals surface area contributed by atoms with Crippen LogP contribution < -0.4 is 0 Å². The molecule has 1 amide bonds. The zero-order valence-electron chi connectivity index (χ0n) is 14.0. The van der Waals surface area contributed by atoms with Crippen LogP contribution in [-0.2, 0) is 13.0 Å². The summed E-state index contributed by atoms with van der Waals surface area (Å²) in [6.45, 7) is 0.756. The lowest BCUT2D eigenvalue weighted by atomic mass is 10.1. The largest absolute Gasteiger partial charge is 0.340 e. The maximum Gasteiger partial charge on any atom is 0.255 e. The number of halogens is 2. The number of nitrogens with one attached hydrogen (secondary N) is 1. The molecule has 6 nitrogen and oxygen atoms in total. The number of aromatic nitrogens is 3. The Balaban J connectivity index is 1.57. The highest BCUT2D eigenvalue weighted by atomic mass is 19.1. The van der Waals surface area contributed by atoms with Crippen LogP contribution in [0, 0.1) is 23.0 Å². The van der Waals surface area contributed by atoms with E-state index in [1.54, 1.807) is 11.0 Å². The standard InChI is InChI=1S/C19H13F2N5O/c20-12-2-4-14(15(21)7-12)18-24-16-5-6-26(10-17(16)25-18)19(27)11-1-3-13(8-22)23-9-11/h1-4,7,9H,5-6,10H2,(H,24,25). The number of nitriles is 1. The number of fused-ring (bicyclic) bond motifs is 1. The normalized spacial score (nSPS) is 13.1. The Labute approximate surface area is 153 Å². The van der Waals surface area contributed by atoms with Crippen molar-refractivity contribution in [3.05, 3.63) is 70.8 Å². The summed E-state index contributed by atoms with van der Waals surface area (Å²) in [7, 11) is 0. The molecule has 0 radical (unpaired) electrons. The molecule has 0 saturated heterocycles. The van der Waals surface area contributed by atoms with Crippen molar-refractivity contribution in [1.29, 1.82) is 5.26 Å². The highest BCUT2D eigenvalue weighted by molar-refractivity contribution is 5.94. The molecule has 0 atom stereocenters. The van der Waals surface area contributed by atoms with E-state index in [0.717, 1.165) is 17.5 Å². The number of hydrogen-bond acceptors (Lipinski definition) is 4. The number of rotatable bonds is 2. The number of benzene rings is 1. The van der Waals surface area contributed by atoms with E-state index in [4.69, 9.17) is 5.26 Å². The third-order valence-corrected chi connectivity index (χ3v) is 4.43. The summed E-state index contributed by atoms with van der Waals surface area (Å²) in [6.07, 6.45) is 1.90. The number of pyridine rings is 1. The molecule has 0 bridgehead atoms. The average Bonchev–Trinajstić information content (AvgIpc) is 3.10. The molecule has 1 N–H and O–H groups in total. The fourth-order valence-electron chi connectivity index (χ4n) is 3.05. The van der Waals surface area contributed by atoms with Crippen molar-refractivity contribution in [2.75, 3.05) is 6.54 Å². The number of carbonyl (C=O) groups is 1. The molecule has 0 spiro atoms. The van der Waals surface area contributed by atoms with Gasteiger partial charge >= 0.3 is 0 Å². The molecule has 8 heteroatoms. The number of imidazole rings is 1. The van der Waals surface area contributed by atoms with E-state index in [2.05, 4.69) is 15.0 Å². The first-order valence-corrected chi connectivity index (χ1v) is 8.24. The van der Waals surface area contributed by atoms with Gasteiger partial charge in [0.2, 0.25) is 0 Å². The summed E-state index contributed by atoms with van der Waals surface area (Å²) in [5.41, 5.74) is 2.29. The minimum atomic E-state index is -0.697. The third kappa shape index (κ3) is 3.15. The van der Waals surface area contributed by atoms with Crippen LogP contribution in [0.25, 0.3) is 11.4 Å². The molecule has 3 aromatic rings. The number of aromatic amines is 1. The van der Waals surface area contributed by atoms with E-state index in [9.17, 15) is 13.6 Å².